The first-order valence-corrected chi connectivity index (χ1v) is 10.3. The van der Waals surface area contributed by atoms with Crippen LogP contribution in [0.1, 0.15) is 47.0 Å². The van der Waals surface area contributed by atoms with Crippen molar-refractivity contribution in [2.24, 2.45) is 17.3 Å². The smallest absolute Gasteiger partial charge is 0.227 e. The molecule has 1 aliphatic carbocycles. The van der Waals surface area contributed by atoms with Gasteiger partial charge in [0.05, 0.1) is 12.2 Å². The van der Waals surface area contributed by atoms with Crippen LogP contribution in [0.5, 0.6) is 0 Å². The van der Waals surface area contributed by atoms with E-state index in [1.165, 1.54) is 5.57 Å². The lowest BCUT2D eigenvalue weighted by atomic mass is 10.0. The first-order chi connectivity index (χ1) is 10.5. The van der Waals surface area contributed by atoms with Crippen LogP contribution in [0, 0.1) is 17.3 Å². The molecule has 1 saturated carbocycles. The lowest BCUT2D eigenvalue weighted by Gasteiger charge is -2.36. The lowest BCUT2D eigenvalue weighted by molar-refractivity contribution is -0.137. The molecule has 0 radical (unpaired) electrons. The maximum Gasteiger partial charge on any atom is 0.227 e. The Bertz CT molecular complexity index is 591. The van der Waals surface area contributed by atoms with Gasteiger partial charge in [-0.15, -0.1) is 0 Å². The summed E-state index contributed by atoms with van der Waals surface area (Å²) in [6.07, 6.45) is 6.29. The van der Waals surface area contributed by atoms with Gasteiger partial charge in [-0.1, -0.05) is 25.5 Å². The molecule has 1 aliphatic heterocycles. The van der Waals surface area contributed by atoms with E-state index in [4.69, 9.17) is 0 Å². The second kappa shape index (κ2) is 6.55. The Balaban J connectivity index is 2.08. The van der Waals surface area contributed by atoms with Gasteiger partial charge in [0, 0.05) is 19.1 Å². The van der Waals surface area contributed by atoms with Crippen LogP contribution in [0.3, 0.4) is 0 Å². The van der Waals surface area contributed by atoms with E-state index in [2.05, 4.69) is 38.5 Å². The first-order valence-electron chi connectivity index (χ1n) is 8.44. The Morgan fingerprint density at radius 2 is 1.96 bits per heavy atom. The molecule has 1 amide bonds. The standard InChI is InChI=1S/C17H30N2O3S/c1-12(2)10-14-15(17(14,3)4)16(20)19-9-7-6-8-13(19)11-18-23(5,21)22/h10,13-15,18H,6-9,11H2,1-5H3/t13-,14+,15+/m0/s1. The van der Waals surface area contributed by atoms with E-state index >= 15 is 0 Å². The molecule has 1 heterocycles. The molecule has 5 nitrogen and oxygen atoms in total. The summed E-state index contributed by atoms with van der Waals surface area (Å²) in [5.41, 5.74) is 1.24. The molecule has 1 saturated heterocycles. The Labute approximate surface area is 140 Å². The number of carbonyl (C=O) groups is 1. The predicted molar refractivity (Wildman–Crippen MR) is 92.4 cm³/mol. The van der Waals surface area contributed by atoms with Gasteiger partial charge in [0.25, 0.3) is 0 Å². The number of hydrogen-bond donors (Lipinski definition) is 1. The molecule has 0 unspecified atom stereocenters. The highest BCUT2D eigenvalue weighted by Gasteiger charge is 2.61. The van der Waals surface area contributed by atoms with Crippen LogP contribution < -0.4 is 4.72 Å². The molecule has 6 heteroatoms. The molecule has 0 spiro atoms. The monoisotopic (exact) mass is 342 g/mol. The van der Waals surface area contributed by atoms with Crippen LogP contribution in [-0.4, -0.2) is 44.6 Å². The van der Waals surface area contributed by atoms with Crippen LogP contribution in [0.15, 0.2) is 11.6 Å². The van der Waals surface area contributed by atoms with Crippen molar-refractivity contribution in [3.05, 3.63) is 11.6 Å². The van der Waals surface area contributed by atoms with Gasteiger partial charge in [-0.2, -0.15) is 0 Å². The van der Waals surface area contributed by atoms with Crippen molar-refractivity contribution in [1.82, 2.24) is 9.62 Å². The van der Waals surface area contributed by atoms with Gasteiger partial charge in [0.15, 0.2) is 0 Å². The fraction of sp³-hybridized carbons (Fsp3) is 0.824. The quantitative estimate of drug-likeness (QED) is 0.779. The van der Waals surface area contributed by atoms with Crippen molar-refractivity contribution in [2.45, 2.75) is 53.0 Å². The highest BCUT2D eigenvalue weighted by Crippen LogP contribution is 2.60. The zero-order chi connectivity index (χ0) is 17.4. The summed E-state index contributed by atoms with van der Waals surface area (Å²) >= 11 is 0. The van der Waals surface area contributed by atoms with E-state index < -0.39 is 10.0 Å². The minimum atomic E-state index is -3.22. The Kier molecular flexibility index (Phi) is 5.26. The SMILES string of the molecule is CC(C)=C[C@@H]1[C@H](C(=O)N2CCCC[C@H]2CNS(C)(=O)=O)C1(C)C. The summed E-state index contributed by atoms with van der Waals surface area (Å²) < 4.78 is 25.3. The maximum atomic E-state index is 13.0. The number of allylic oxidation sites excluding steroid dienone is 2. The molecule has 2 rings (SSSR count). The normalized spacial score (nSPS) is 30.0. The Morgan fingerprint density at radius 3 is 2.52 bits per heavy atom. The number of amides is 1. The molecule has 3 atom stereocenters. The maximum absolute atomic E-state index is 13.0. The molecule has 2 fully saturated rings. The number of rotatable bonds is 5. The number of nitrogens with zero attached hydrogens (tertiary/aromatic N) is 1. The van der Waals surface area contributed by atoms with Crippen LogP contribution in [0.2, 0.25) is 0 Å². The third-order valence-electron chi connectivity index (χ3n) is 5.18. The molecule has 0 aromatic heterocycles. The average Bonchev–Trinajstić information content (AvgIpc) is 2.95. The van der Waals surface area contributed by atoms with E-state index in [0.29, 0.717) is 12.5 Å². The second-order valence-electron chi connectivity index (χ2n) is 7.87. The summed E-state index contributed by atoms with van der Waals surface area (Å²) in [5, 5.41) is 0. The molecule has 0 aromatic carbocycles. The van der Waals surface area contributed by atoms with Crippen LogP contribution in [-0.2, 0) is 14.8 Å². The van der Waals surface area contributed by atoms with Crippen molar-refractivity contribution in [3.63, 3.8) is 0 Å². The van der Waals surface area contributed by atoms with Crippen molar-refractivity contribution < 1.29 is 13.2 Å². The lowest BCUT2D eigenvalue weighted by Crippen LogP contribution is -2.50. The molecule has 0 aromatic rings. The average molecular weight is 343 g/mol. The van der Waals surface area contributed by atoms with Crippen LogP contribution in [0.25, 0.3) is 0 Å². The van der Waals surface area contributed by atoms with Gasteiger partial charge in [-0.25, -0.2) is 13.1 Å². The fourth-order valence-corrected chi connectivity index (χ4v) is 4.24. The van der Waals surface area contributed by atoms with Gasteiger partial charge in [0.2, 0.25) is 15.9 Å². The third kappa shape index (κ3) is 4.35. The molecule has 132 valence electrons. The highest BCUT2D eigenvalue weighted by atomic mass is 32.2. The van der Waals surface area contributed by atoms with Crippen molar-refractivity contribution in [1.29, 1.82) is 0 Å². The zero-order valence-corrected chi connectivity index (χ0v) is 15.7. The van der Waals surface area contributed by atoms with E-state index in [0.717, 1.165) is 32.1 Å². The van der Waals surface area contributed by atoms with E-state index in [-0.39, 0.29) is 23.3 Å². The number of nitrogens with one attached hydrogen (secondary N) is 1. The fourth-order valence-electron chi connectivity index (χ4n) is 3.75. The molecule has 0 bridgehead atoms. The van der Waals surface area contributed by atoms with Crippen LogP contribution >= 0.6 is 0 Å². The molecule has 23 heavy (non-hydrogen) atoms. The molecular formula is C17H30N2O3S. The summed E-state index contributed by atoms with van der Waals surface area (Å²) in [5.74, 6) is 0.513. The predicted octanol–water partition coefficient (Wildman–Crippen LogP) is 2.16. The largest absolute Gasteiger partial charge is 0.338 e. The van der Waals surface area contributed by atoms with Gasteiger partial charge < -0.3 is 4.90 Å². The number of piperidine rings is 1. The highest BCUT2D eigenvalue weighted by molar-refractivity contribution is 7.88. The number of carbonyl (C=O) groups excluding carboxylic acids is 1. The molecule has 1 N–H and O–H groups in total. The van der Waals surface area contributed by atoms with Crippen molar-refractivity contribution in [2.75, 3.05) is 19.3 Å². The first kappa shape index (κ1) is 18.5. The van der Waals surface area contributed by atoms with Crippen molar-refractivity contribution >= 4 is 15.9 Å². The topological polar surface area (TPSA) is 66.5 Å². The summed E-state index contributed by atoms with van der Waals surface area (Å²) in [6.45, 7) is 9.49. The second-order valence-corrected chi connectivity index (χ2v) is 9.70. The molecule has 2 aliphatic rings. The number of likely N-dealkylation sites (tertiary alicyclic amines) is 1. The van der Waals surface area contributed by atoms with E-state index in [9.17, 15) is 13.2 Å². The molecular weight excluding hydrogens is 312 g/mol. The van der Waals surface area contributed by atoms with Gasteiger partial charge in [0.1, 0.15) is 0 Å². The van der Waals surface area contributed by atoms with Crippen molar-refractivity contribution in [3.8, 4) is 0 Å². The minimum Gasteiger partial charge on any atom is -0.338 e. The summed E-state index contributed by atoms with van der Waals surface area (Å²) in [7, 11) is -3.22. The zero-order valence-electron chi connectivity index (χ0n) is 14.9. The van der Waals surface area contributed by atoms with Crippen LogP contribution in [0.4, 0.5) is 0 Å². The van der Waals surface area contributed by atoms with E-state index in [1.807, 2.05) is 4.90 Å². The number of sulfonamides is 1. The summed E-state index contributed by atoms with van der Waals surface area (Å²) in [6, 6.07) is -0.0188. The Hall–Kier alpha value is -0.880. The van der Waals surface area contributed by atoms with Gasteiger partial charge in [-0.05, 0) is 44.4 Å². The van der Waals surface area contributed by atoms with Gasteiger partial charge >= 0.3 is 0 Å². The Morgan fingerprint density at radius 1 is 1.30 bits per heavy atom. The summed E-state index contributed by atoms with van der Waals surface area (Å²) in [4.78, 5) is 14.9. The third-order valence-corrected chi connectivity index (χ3v) is 5.87. The van der Waals surface area contributed by atoms with E-state index in [1.54, 1.807) is 0 Å². The minimum absolute atomic E-state index is 0.000607. The number of hydrogen-bond acceptors (Lipinski definition) is 3. The van der Waals surface area contributed by atoms with Gasteiger partial charge in [-0.3, -0.25) is 4.79 Å².